The monoisotopic (exact) mass is 500 g/mol. The van der Waals surface area contributed by atoms with Crippen molar-refractivity contribution in [1.82, 2.24) is 0 Å². The summed E-state index contributed by atoms with van der Waals surface area (Å²) >= 11 is 0. The average molecular weight is 501 g/mol. The summed E-state index contributed by atoms with van der Waals surface area (Å²) in [5.74, 6) is -0.0232. The lowest BCUT2D eigenvalue weighted by Crippen LogP contribution is -2.00. The van der Waals surface area contributed by atoms with E-state index in [-0.39, 0.29) is 0 Å². The highest BCUT2D eigenvalue weighted by Gasteiger charge is 2.13. The van der Waals surface area contributed by atoms with E-state index in [1.54, 1.807) is 6.07 Å². The molecule has 0 saturated carbocycles. The molecule has 0 aliphatic rings. The van der Waals surface area contributed by atoms with Crippen LogP contribution < -0.4 is 4.74 Å². The Morgan fingerprint density at radius 1 is 0.649 bits per heavy atom. The van der Waals surface area contributed by atoms with Gasteiger partial charge >= 0.3 is 5.97 Å². The molecule has 3 aromatic rings. The Hall–Kier alpha value is -3.07. The van der Waals surface area contributed by atoms with E-state index in [1.807, 2.05) is 24.3 Å². The predicted molar refractivity (Wildman–Crippen MR) is 156 cm³/mol. The lowest BCUT2D eigenvalue weighted by molar-refractivity contribution is 0.0697. The minimum Gasteiger partial charge on any atom is -0.494 e. The number of carbonyl (C=O) groups is 1. The number of benzene rings is 3. The van der Waals surface area contributed by atoms with Crippen molar-refractivity contribution in [2.75, 3.05) is 6.61 Å². The topological polar surface area (TPSA) is 46.5 Å². The lowest BCUT2D eigenvalue weighted by Gasteiger charge is -2.12. The Labute approximate surface area is 223 Å². The molecule has 37 heavy (non-hydrogen) atoms. The number of hydrogen-bond acceptors (Lipinski definition) is 2. The normalized spacial score (nSPS) is 11.0. The van der Waals surface area contributed by atoms with Crippen LogP contribution in [0, 0.1) is 0 Å². The van der Waals surface area contributed by atoms with Crippen molar-refractivity contribution >= 4 is 5.97 Å². The first-order valence-electron chi connectivity index (χ1n) is 14.3. The van der Waals surface area contributed by atoms with Crippen molar-refractivity contribution in [3.05, 3.63) is 77.9 Å². The van der Waals surface area contributed by atoms with Gasteiger partial charge in [-0.05, 0) is 71.3 Å². The maximum Gasteiger partial charge on any atom is 0.336 e. The molecule has 0 heterocycles. The second-order valence-corrected chi connectivity index (χ2v) is 10.1. The van der Waals surface area contributed by atoms with Gasteiger partial charge in [-0.2, -0.15) is 0 Å². The van der Waals surface area contributed by atoms with Crippen LogP contribution in [-0.4, -0.2) is 17.7 Å². The molecule has 0 unspecified atom stereocenters. The van der Waals surface area contributed by atoms with Crippen LogP contribution in [0.25, 0.3) is 22.3 Å². The zero-order valence-electron chi connectivity index (χ0n) is 22.8. The summed E-state index contributed by atoms with van der Waals surface area (Å²) in [6.07, 6.45) is 14.9. The van der Waals surface area contributed by atoms with Gasteiger partial charge in [0.1, 0.15) is 5.75 Å². The SMILES string of the molecule is CCCCCCCCOc1ccc(-c2ccc(C(=O)O)c(-c3ccc(CCCCCCC)cc3)c2)cc1. The van der Waals surface area contributed by atoms with Crippen LogP contribution in [0.4, 0.5) is 0 Å². The highest BCUT2D eigenvalue weighted by molar-refractivity contribution is 5.97. The molecular formula is C34H44O3. The fourth-order valence-electron chi connectivity index (χ4n) is 4.75. The summed E-state index contributed by atoms with van der Waals surface area (Å²) < 4.78 is 5.93. The van der Waals surface area contributed by atoms with Crippen molar-refractivity contribution in [3.8, 4) is 28.0 Å². The molecule has 1 N–H and O–H groups in total. The standard InChI is InChI=1S/C34H44O3/c1-3-5-7-9-11-13-25-37-31-22-19-28(20-23-31)30-21-24-32(34(35)36)33(26-30)29-17-15-27(16-18-29)14-12-10-8-6-4-2/h15-24,26H,3-14,25H2,1-2H3,(H,35,36). The Morgan fingerprint density at radius 2 is 1.22 bits per heavy atom. The molecule has 0 atom stereocenters. The molecule has 0 aromatic heterocycles. The van der Waals surface area contributed by atoms with Crippen molar-refractivity contribution in [3.63, 3.8) is 0 Å². The van der Waals surface area contributed by atoms with Crippen molar-refractivity contribution in [2.45, 2.75) is 90.9 Å². The summed E-state index contributed by atoms with van der Waals surface area (Å²) in [4.78, 5) is 12.0. The third-order valence-corrected chi connectivity index (χ3v) is 7.04. The number of aromatic carboxylic acids is 1. The first-order valence-corrected chi connectivity index (χ1v) is 14.3. The smallest absolute Gasteiger partial charge is 0.336 e. The molecule has 0 bridgehead atoms. The van der Waals surface area contributed by atoms with E-state index in [0.717, 1.165) is 47.5 Å². The van der Waals surface area contributed by atoms with E-state index >= 15 is 0 Å². The number of aryl methyl sites for hydroxylation is 1. The second kappa shape index (κ2) is 15.9. The number of hydrogen-bond donors (Lipinski definition) is 1. The Bertz CT molecular complexity index is 1070. The summed E-state index contributed by atoms with van der Waals surface area (Å²) in [5.41, 5.74) is 5.38. The zero-order chi connectivity index (χ0) is 26.3. The highest BCUT2D eigenvalue weighted by Crippen LogP contribution is 2.31. The summed E-state index contributed by atoms with van der Waals surface area (Å²) in [6.45, 7) is 5.22. The number of rotatable bonds is 17. The molecule has 0 spiro atoms. The van der Waals surface area contributed by atoms with E-state index < -0.39 is 5.97 Å². The number of unbranched alkanes of at least 4 members (excludes halogenated alkanes) is 9. The van der Waals surface area contributed by atoms with E-state index in [1.165, 1.54) is 69.8 Å². The summed E-state index contributed by atoms with van der Waals surface area (Å²) in [5, 5.41) is 9.81. The number of ether oxygens (including phenoxy) is 1. The fraction of sp³-hybridized carbons (Fsp3) is 0.441. The van der Waals surface area contributed by atoms with Crippen molar-refractivity contribution < 1.29 is 14.6 Å². The van der Waals surface area contributed by atoms with Crippen molar-refractivity contribution in [1.29, 1.82) is 0 Å². The molecule has 0 amide bonds. The van der Waals surface area contributed by atoms with Crippen LogP contribution in [0.1, 0.15) is 100 Å². The largest absolute Gasteiger partial charge is 0.494 e. The molecule has 3 aromatic carbocycles. The molecule has 0 aliphatic heterocycles. The molecule has 0 radical (unpaired) electrons. The first kappa shape index (κ1) is 28.5. The average Bonchev–Trinajstić information content (AvgIpc) is 2.93. The summed E-state index contributed by atoms with van der Waals surface area (Å²) in [7, 11) is 0. The Morgan fingerprint density at radius 3 is 1.86 bits per heavy atom. The molecule has 0 fully saturated rings. The zero-order valence-corrected chi connectivity index (χ0v) is 22.8. The molecular weight excluding hydrogens is 456 g/mol. The van der Waals surface area contributed by atoms with Gasteiger partial charge in [-0.3, -0.25) is 0 Å². The minimum absolute atomic E-state index is 0.329. The third-order valence-electron chi connectivity index (χ3n) is 7.04. The van der Waals surface area contributed by atoms with Gasteiger partial charge in [0, 0.05) is 0 Å². The van der Waals surface area contributed by atoms with E-state index in [4.69, 9.17) is 4.74 Å². The summed E-state index contributed by atoms with van der Waals surface area (Å²) in [6, 6.07) is 22.1. The second-order valence-electron chi connectivity index (χ2n) is 10.1. The van der Waals surface area contributed by atoms with Gasteiger partial charge in [0.25, 0.3) is 0 Å². The maximum atomic E-state index is 12.0. The quantitative estimate of drug-likeness (QED) is 0.188. The van der Waals surface area contributed by atoms with Crippen LogP contribution in [0.5, 0.6) is 5.75 Å². The Balaban J connectivity index is 1.64. The van der Waals surface area contributed by atoms with Gasteiger partial charge in [-0.1, -0.05) is 114 Å². The van der Waals surface area contributed by atoms with Crippen LogP contribution >= 0.6 is 0 Å². The van der Waals surface area contributed by atoms with Crippen LogP contribution in [-0.2, 0) is 6.42 Å². The predicted octanol–water partition coefficient (Wildman–Crippen LogP) is 9.97. The highest BCUT2D eigenvalue weighted by atomic mass is 16.5. The third kappa shape index (κ3) is 9.39. The van der Waals surface area contributed by atoms with Gasteiger partial charge in [-0.25, -0.2) is 4.79 Å². The molecule has 0 aliphatic carbocycles. The van der Waals surface area contributed by atoms with Gasteiger partial charge in [-0.15, -0.1) is 0 Å². The molecule has 3 heteroatoms. The first-order chi connectivity index (χ1) is 18.1. The van der Waals surface area contributed by atoms with E-state index in [0.29, 0.717) is 5.56 Å². The number of carboxylic acid groups (broad SMARTS) is 1. The molecule has 0 saturated heterocycles. The van der Waals surface area contributed by atoms with Gasteiger partial charge < -0.3 is 9.84 Å². The lowest BCUT2D eigenvalue weighted by atomic mass is 9.93. The maximum absolute atomic E-state index is 12.0. The van der Waals surface area contributed by atoms with Crippen LogP contribution in [0.15, 0.2) is 66.7 Å². The molecule has 3 rings (SSSR count). The minimum atomic E-state index is -0.903. The van der Waals surface area contributed by atoms with Crippen molar-refractivity contribution in [2.24, 2.45) is 0 Å². The van der Waals surface area contributed by atoms with Crippen LogP contribution in [0.3, 0.4) is 0 Å². The Kier molecular flexibility index (Phi) is 12.3. The van der Waals surface area contributed by atoms with Crippen LogP contribution in [0.2, 0.25) is 0 Å². The van der Waals surface area contributed by atoms with Gasteiger partial charge in [0.05, 0.1) is 12.2 Å². The van der Waals surface area contributed by atoms with Gasteiger partial charge in [0.2, 0.25) is 0 Å². The van der Waals surface area contributed by atoms with Gasteiger partial charge in [0.15, 0.2) is 0 Å². The molecule has 3 nitrogen and oxygen atoms in total. The fourth-order valence-corrected chi connectivity index (χ4v) is 4.75. The van der Waals surface area contributed by atoms with E-state index in [9.17, 15) is 9.90 Å². The molecule has 198 valence electrons. The van der Waals surface area contributed by atoms with E-state index in [2.05, 4.69) is 50.2 Å². The number of carboxylic acids is 1.